The summed E-state index contributed by atoms with van der Waals surface area (Å²) in [5.41, 5.74) is 5.75. The van der Waals surface area contributed by atoms with Crippen molar-refractivity contribution in [1.29, 1.82) is 0 Å². The highest BCUT2D eigenvalue weighted by molar-refractivity contribution is 4.79. The van der Waals surface area contributed by atoms with E-state index in [9.17, 15) is 0 Å². The van der Waals surface area contributed by atoms with Gasteiger partial charge in [-0.25, -0.2) is 0 Å². The molecule has 1 aliphatic heterocycles. The third-order valence-corrected chi connectivity index (χ3v) is 1.97. The van der Waals surface area contributed by atoms with Gasteiger partial charge >= 0.3 is 0 Å². The molecule has 2 unspecified atom stereocenters. The SMILES string of the molecule is CC1(C)OCC(C(N)CCO)O1. The average Bonchev–Trinajstić information content (AvgIpc) is 2.31. The number of hydrogen-bond donors (Lipinski definition) is 2. The highest BCUT2D eigenvalue weighted by atomic mass is 16.7. The summed E-state index contributed by atoms with van der Waals surface area (Å²) in [4.78, 5) is 0. The van der Waals surface area contributed by atoms with Gasteiger partial charge in [0.2, 0.25) is 0 Å². The van der Waals surface area contributed by atoms with Crippen molar-refractivity contribution >= 4 is 0 Å². The third kappa shape index (κ3) is 2.42. The van der Waals surface area contributed by atoms with Crippen molar-refractivity contribution in [2.75, 3.05) is 13.2 Å². The Labute approximate surface area is 72.6 Å². The summed E-state index contributed by atoms with van der Waals surface area (Å²) >= 11 is 0. The first-order chi connectivity index (χ1) is 5.55. The second-order valence-corrected chi connectivity index (χ2v) is 3.54. The van der Waals surface area contributed by atoms with E-state index < -0.39 is 5.79 Å². The maximum Gasteiger partial charge on any atom is 0.163 e. The number of ether oxygens (including phenoxy) is 2. The van der Waals surface area contributed by atoms with Crippen LogP contribution in [-0.2, 0) is 9.47 Å². The van der Waals surface area contributed by atoms with Crippen LogP contribution in [0.25, 0.3) is 0 Å². The summed E-state index contributed by atoms with van der Waals surface area (Å²) in [6.07, 6.45) is 0.483. The van der Waals surface area contributed by atoms with Crippen molar-refractivity contribution in [3.63, 3.8) is 0 Å². The van der Waals surface area contributed by atoms with Crippen LogP contribution in [0.5, 0.6) is 0 Å². The predicted octanol–water partition coefficient (Wildman–Crippen LogP) is -0.152. The van der Waals surface area contributed by atoms with Crippen LogP contribution in [-0.4, -0.2) is 36.3 Å². The fourth-order valence-electron chi connectivity index (χ4n) is 1.26. The number of nitrogens with two attached hydrogens (primary N) is 1. The molecule has 4 nitrogen and oxygen atoms in total. The predicted molar refractivity (Wildman–Crippen MR) is 44.6 cm³/mol. The van der Waals surface area contributed by atoms with Gasteiger partial charge in [0.25, 0.3) is 0 Å². The van der Waals surface area contributed by atoms with Crippen molar-refractivity contribution in [1.82, 2.24) is 0 Å². The summed E-state index contributed by atoms with van der Waals surface area (Å²) in [5.74, 6) is -0.516. The topological polar surface area (TPSA) is 64.7 Å². The summed E-state index contributed by atoms with van der Waals surface area (Å²) < 4.78 is 10.8. The molecule has 0 aromatic carbocycles. The maximum absolute atomic E-state index is 8.65. The minimum atomic E-state index is -0.516. The molecule has 0 aromatic rings. The quantitative estimate of drug-likeness (QED) is 0.626. The van der Waals surface area contributed by atoms with Crippen molar-refractivity contribution in [3.8, 4) is 0 Å². The van der Waals surface area contributed by atoms with Gasteiger partial charge in [0.1, 0.15) is 0 Å². The molecule has 0 saturated carbocycles. The van der Waals surface area contributed by atoms with Crippen molar-refractivity contribution in [3.05, 3.63) is 0 Å². The smallest absolute Gasteiger partial charge is 0.163 e. The fraction of sp³-hybridized carbons (Fsp3) is 1.00. The monoisotopic (exact) mass is 175 g/mol. The Morgan fingerprint density at radius 1 is 1.67 bits per heavy atom. The zero-order valence-corrected chi connectivity index (χ0v) is 7.62. The highest BCUT2D eigenvalue weighted by Gasteiger charge is 2.35. The molecule has 0 aromatic heterocycles. The minimum absolute atomic E-state index is 0.0767. The average molecular weight is 175 g/mol. The Hall–Kier alpha value is -0.160. The number of hydrogen-bond acceptors (Lipinski definition) is 4. The molecule has 0 radical (unpaired) electrons. The van der Waals surface area contributed by atoms with Crippen LogP contribution in [0.4, 0.5) is 0 Å². The number of rotatable bonds is 3. The van der Waals surface area contributed by atoms with E-state index >= 15 is 0 Å². The van der Waals surface area contributed by atoms with Gasteiger partial charge in [-0.3, -0.25) is 0 Å². The van der Waals surface area contributed by atoms with Crippen LogP contribution in [0, 0.1) is 0 Å². The molecule has 72 valence electrons. The maximum atomic E-state index is 8.65. The Morgan fingerprint density at radius 3 is 2.75 bits per heavy atom. The molecule has 1 aliphatic rings. The van der Waals surface area contributed by atoms with E-state index in [-0.39, 0.29) is 18.8 Å². The van der Waals surface area contributed by atoms with Gasteiger partial charge in [-0.05, 0) is 20.3 Å². The zero-order chi connectivity index (χ0) is 9.19. The van der Waals surface area contributed by atoms with Gasteiger partial charge < -0.3 is 20.3 Å². The van der Waals surface area contributed by atoms with E-state index in [0.717, 1.165) is 0 Å². The van der Waals surface area contributed by atoms with Crippen LogP contribution in [0.1, 0.15) is 20.3 Å². The third-order valence-electron chi connectivity index (χ3n) is 1.97. The molecule has 1 fully saturated rings. The lowest BCUT2D eigenvalue weighted by molar-refractivity contribution is -0.141. The minimum Gasteiger partial charge on any atom is -0.396 e. The van der Waals surface area contributed by atoms with E-state index in [1.165, 1.54) is 0 Å². The van der Waals surface area contributed by atoms with Crippen molar-refractivity contribution in [2.24, 2.45) is 5.73 Å². The first kappa shape index (κ1) is 9.92. The summed E-state index contributed by atoms with van der Waals surface area (Å²) in [6.45, 7) is 4.34. The molecule has 0 spiro atoms. The lowest BCUT2D eigenvalue weighted by atomic mass is 10.1. The zero-order valence-electron chi connectivity index (χ0n) is 7.62. The largest absolute Gasteiger partial charge is 0.396 e. The molecule has 2 atom stereocenters. The normalized spacial score (nSPS) is 30.5. The van der Waals surface area contributed by atoms with Gasteiger partial charge in [0.05, 0.1) is 12.7 Å². The highest BCUT2D eigenvalue weighted by Crippen LogP contribution is 2.24. The summed E-state index contributed by atoms with van der Waals surface area (Å²) in [7, 11) is 0. The van der Waals surface area contributed by atoms with E-state index in [0.29, 0.717) is 13.0 Å². The second kappa shape index (κ2) is 3.70. The summed E-state index contributed by atoms with van der Waals surface area (Å²) in [6, 6.07) is -0.128. The molecule has 0 bridgehead atoms. The number of aliphatic hydroxyl groups excluding tert-OH is 1. The van der Waals surface area contributed by atoms with Crippen LogP contribution < -0.4 is 5.73 Å². The molecule has 0 amide bonds. The molecule has 0 aliphatic carbocycles. The molecule has 1 heterocycles. The Kier molecular flexibility index (Phi) is 3.06. The number of aliphatic hydroxyl groups is 1. The fourth-order valence-corrected chi connectivity index (χ4v) is 1.26. The molecule has 1 saturated heterocycles. The lowest BCUT2D eigenvalue weighted by Gasteiger charge is -2.20. The Morgan fingerprint density at radius 2 is 2.33 bits per heavy atom. The summed E-state index contributed by atoms with van der Waals surface area (Å²) in [5, 5.41) is 8.65. The molecular formula is C8H17NO3. The van der Waals surface area contributed by atoms with Gasteiger partial charge in [-0.2, -0.15) is 0 Å². The van der Waals surface area contributed by atoms with Crippen LogP contribution in [0.15, 0.2) is 0 Å². The van der Waals surface area contributed by atoms with Crippen LogP contribution in [0.2, 0.25) is 0 Å². The standard InChI is InChI=1S/C8H17NO3/c1-8(2)11-5-7(12-8)6(9)3-4-10/h6-7,10H,3-5,9H2,1-2H3. The van der Waals surface area contributed by atoms with Gasteiger partial charge in [-0.15, -0.1) is 0 Å². The van der Waals surface area contributed by atoms with E-state index in [1.807, 2.05) is 13.8 Å². The van der Waals surface area contributed by atoms with Crippen LogP contribution in [0.3, 0.4) is 0 Å². The van der Waals surface area contributed by atoms with E-state index in [1.54, 1.807) is 0 Å². The second-order valence-electron chi connectivity index (χ2n) is 3.54. The van der Waals surface area contributed by atoms with Crippen molar-refractivity contribution in [2.45, 2.75) is 38.2 Å². The Balaban J connectivity index is 2.36. The molecule has 1 rings (SSSR count). The Bertz CT molecular complexity index is 149. The first-order valence-corrected chi connectivity index (χ1v) is 4.23. The van der Waals surface area contributed by atoms with Crippen LogP contribution >= 0.6 is 0 Å². The van der Waals surface area contributed by atoms with Gasteiger partial charge in [0, 0.05) is 12.6 Å². The van der Waals surface area contributed by atoms with E-state index in [2.05, 4.69) is 0 Å². The van der Waals surface area contributed by atoms with E-state index in [4.69, 9.17) is 20.3 Å². The van der Waals surface area contributed by atoms with Gasteiger partial charge in [-0.1, -0.05) is 0 Å². The first-order valence-electron chi connectivity index (χ1n) is 4.23. The molecule has 3 N–H and O–H groups in total. The van der Waals surface area contributed by atoms with Gasteiger partial charge in [0.15, 0.2) is 5.79 Å². The lowest BCUT2D eigenvalue weighted by Crippen LogP contribution is -2.38. The van der Waals surface area contributed by atoms with Crippen molar-refractivity contribution < 1.29 is 14.6 Å². The molecule has 12 heavy (non-hydrogen) atoms. The molecular weight excluding hydrogens is 158 g/mol. The molecule has 4 heteroatoms.